The van der Waals surface area contributed by atoms with E-state index in [4.69, 9.17) is 5.73 Å². The predicted octanol–water partition coefficient (Wildman–Crippen LogP) is 1.57. The van der Waals surface area contributed by atoms with Crippen molar-refractivity contribution in [2.45, 2.75) is 56.5 Å². The summed E-state index contributed by atoms with van der Waals surface area (Å²) in [5.41, 5.74) is 5.71. The van der Waals surface area contributed by atoms with Gasteiger partial charge in [0.05, 0.1) is 6.07 Å². The molecule has 0 aromatic rings. The normalized spacial score (nSPS) is 39.4. The van der Waals surface area contributed by atoms with Gasteiger partial charge >= 0.3 is 0 Å². The zero-order valence-electron chi connectivity index (χ0n) is 12.6. The minimum atomic E-state index is -0.536. The summed E-state index contributed by atoms with van der Waals surface area (Å²) in [6.45, 7) is 6.18. The first kappa shape index (κ1) is 14.3. The Labute approximate surface area is 122 Å². The number of rotatable bonds is 3. The van der Waals surface area contributed by atoms with Crippen LogP contribution in [0.4, 0.5) is 0 Å². The molecule has 2 N–H and O–H groups in total. The fourth-order valence-corrected chi connectivity index (χ4v) is 4.48. The van der Waals surface area contributed by atoms with E-state index in [0.717, 1.165) is 38.3 Å². The summed E-state index contributed by atoms with van der Waals surface area (Å²) in [7, 11) is 0. The van der Waals surface area contributed by atoms with Gasteiger partial charge in [0.2, 0.25) is 0 Å². The summed E-state index contributed by atoms with van der Waals surface area (Å²) in [6, 6.07) is 3.17. The molecular formula is C16H28N4. The van der Waals surface area contributed by atoms with Crippen molar-refractivity contribution in [1.29, 1.82) is 5.26 Å². The molecule has 4 nitrogen and oxygen atoms in total. The summed E-state index contributed by atoms with van der Waals surface area (Å²) in [5.74, 6) is 0.412. The maximum atomic E-state index is 9.31. The van der Waals surface area contributed by atoms with Crippen molar-refractivity contribution < 1.29 is 0 Å². The topological polar surface area (TPSA) is 56.3 Å². The smallest absolute Gasteiger partial charge is 0.107 e. The van der Waals surface area contributed by atoms with Crippen molar-refractivity contribution >= 4 is 0 Å². The Hall–Kier alpha value is -0.630. The minimum absolute atomic E-state index is 0.412. The highest BCUT2D eigenvalue weighted by molar-refractivity contribution is 5.12. The van der Waals surface area contributed by atoms with Gasteiger partial charge in [-0.05, 0) is 70.6 Å². The predicted molar refractivity (Wildman–Crippen MR) is 80.1 cm³/mol. The lowest BCUT2D eigenvalue weighted by molar-refractivity contribution is 0.204. The molecule has 0 spiro atoms. The molecule has 0 aromatic carbocycles. The SMILES string of the molecule is N#CC1(N)CCCC1CCN1CCCN2CCCC2C1. The van der Waals surface area contributed by atoms with Crippen LogP contribution in [0.1, 0.15) is 44.9 Å². The van der Waals surface area contributed by atoms with Gasteiger partial charge in [-0.3, -0.25) is 4.90 Å². The first-order valence-electron chi connectivity index (χ1n) is 8.38. The van der Waals surface area contributed by atoms with E-state index in [1.807, 2.05) is 0 Å². The zero-order valence-corrected chi connectivity index (χ0v) is 12.6. The van der Waals surface area contributed by atoms with E-state index in [-0.39, 0.29) is 0 Å². The largest absolute Gasteiger partial charge is 0.313 e. The van der Waals surface area contributed by atoms with Gasteiger partial charge in [0.25, 0.3) is 0 Å². The standard InChI is InChI=1S/C16H28N4/c17-13-16(18)7-1-4-14(16)6-11-19-8-3-10-20-9-2-5-15(20)12-19/h14-15H,1-12,18H2. The van der Waals surface area contributed by atoms with Crippen molar-refractivity contribution in [3.63, 3.8) is 0 Å². The molecule has 2 saturated heterocycles. The molecule has 20 heavy (non-hydrogen) atoms. The molecular weight excluding hydrogens is 248 g/mol. The number of nitrogens with zero attached hydrogens (tertiary/aromatic N) is 3. The summed E-state index contributed by atoms with van der Waals surface area (Å²) in [6.07, 6.45) is 8.33. The molecule has 3 aliphatic rings. The second kappa shape index (κ2) is 6.01. The van der Waals surface area contributed by atoms with E-state index in [0.29, 0.717) is 5.92 Å². The molecule has 3 atom stereocenters. The first-order chi connectivity index (χ1) is 9.71. The van der Waals surface area contributed by atoms with E-state index in [9.17, 15) is 5.26 Å². The van der Waals surface area contributed by atoms with Crippen molar-refractivity contribution in [1.82, 2.24) is 9.80 Å². The molecule has 0 amide bonds. The van der Waals surface area contributed by atoms with Crippen molar-refractivity contribution in [3.8, 4) is 6.07 Å². The number of fused-ring (bicyclic) bond motifs is 1. The molecule has 3 rings (SSSR count). The number of nitriles is 1. The van der Waals surface area contributed by atoms with Crippen LogP contribution in [0.25, 0.3) is 0 Å². The van der Waals surface area contributed by atoms with Crippen LogP contribution >= 0.6 is 0 Å². The highest BCUT2D eigenvalue weighted by Crippen LogP contribution is 2.35. The molecule has 1 saturated carbocycles. The van der Waals surface area contributed by atoms with Crippen LogP contribution in [0.15, 0.2) is 0 Å². The third-order valence-corrected chi connectivity index (χ3v) is 5.76. The van der Waals surface area contributed by atoms with Crippen LogP contribution in [0.5, 0.6) is 0 Å². The lowest BCUT2D eigenvalue weighted by atomic mass is 9.87. The molecule has 3 unspecified atom stereocenters. The van der Waals surface area contributed by atoms with Gasteiger partial charge in [0.15, 0.2) is 0 Å². The van der Waals surface area contributed by atoms with Crippen LogP contribution in [-0.2, 0) is 0 Å². The third-order valence-electron chi connectivity index (χ3n) is 5.76. The number of nitrogens with two attached hydrogens (primary N) is 1. The monoisotopic (exact) mass is 276 g/mol. The molecule has 0 aromatic heterocycles. The fourth-order valence-electron chi connectivity index (χ4n) is 4.48. The second-order valence-corrected chi connectivity index (χ2v) is 7.02. The van der Waals surface area contributed by atoms with Gasteiger partial charge in [-0.25, -0.2) is 0 Å². The first-order valence-corrected chi connectivity index (χ1v) is 8.38. The average molecular weight is 276 g/mol. The molecule has 2 aliphatic heterocycles. The fraction of sp³-hybridized carbons (Fsp3) is 0.938. The summed E-state index contributed by atoms with van der Waals surface area (Å²) in [4.78, 5) is 5.31. The molecule has 0 bridgehead atoms. The van der Waals surface area contributed by atoms with E-state index < -0.39 is 5.54 Å². The molecule has 4 heteroatoms. The lowest BCUT2D eigenvalue weighted by Gasteiger charge is -2.29. The third kappa shape index (κ3) is 2.86. The molecule has 112 valence electrons. The summed E-state index contributed by atoms with van der Waals surface area (Å²) < 4.78 is 0. The van der Waals surface area contributed by atoms with E-state index in [1.54, 1.807) is 0 Å². The Morgan fingerprint density at radius 3 is 2.85 bits per heavy atom. The van der Waals surface area contributed by atoms with Crippen molar-refractivity contribution in [2.75, 3.05) is 32.7 Å². The summed E-state index contributed by atoms with van der Waals surface area (Å²) in [5, 5.41) is 9.31. The van der Waals surface area contributed by atoms with Gasteiger partial charge in [-0.2, -0.15) is 5.26 Å². The zero-order chi connectivity index (χ0) is 14.0. The highest BCUT2D eigenvalue weighted by Gasteiger charge is 2.39. The minimum Gasteiger partial charge on any atom is -0.313 e. The van der Waals surface area contributed by atoms with Crippen LogP contribution < -0.4 is 5.73 Å². The van der Waals surface area contributed by atoms with E-state index in [1.165, 1.54) is 45.4 Å². The van der Waals surface area contributed by atoms with Gasteiger partial charge in [0.1, 0.15) is 5.54 Å². The van der Waals surface area contributed by atoms with Crippen molar-refractivity contribution in [3.05, 3.63) is 0 Å². The average Bonchev–Trinajstić information content (AvgIpc) is 2.99. The Balaban J connectivity index is 1.52. The maximum Gasteiger partial charge on any atom is 0.107 e. The van der Waals surface area contributed by atoms with Gasteiger partial charge in [-0.15, -0.1) is 0 Å². The number of hydrogen-bond acceptors (Lipinski definition) is 4. The lowest BCUT2D eigenvalue weighted by Crippen LogP contribution is -2.43. The van der Waals surface area contributed by atoms with E-state index >= 15 is 0 Å². The van der Waals surface area contributed by atoms with Crippen LogP contribution in [0, 0.1) is 17.2 Å². The molecule has 1 aliphatic carbocycles. The van der Waals surface area contributed by atoms with Gasteiger partial charge < -0.3 is 10.6 Å². The maximum absolute atomic E-state index is 9.31. The van der Waals surface area contributed by atoms with Crippen LogP contribution in [-0.4, -0.2) is 54.1 Å². The number of hydrogen-bond donors (Lipinski definition) is 1. The quantitative estimate of drug-likeness (QED) is 0.850. The van der Waals surface area contributed by atoms with Gasteiger partial charge in [-0.1, -0.05) is 6.42 Å². The van der Waals surface area contributed by atoms with Crippen molar-refractivity contribution in [2.24, 2.45) is 11.7 Å². The molecule has 0 radical (unpaired) electrons. The summed E-state index contributed by atoms with van der Waals surface area (Å²) >= 11 is 0. The Bertz CT molecular complexity index is 377. The molecule has 2 heterocycles. The van der Waals surface area contributed by atoms with Crippen LogP contribution in [0.2, 0.25) is 0 Å². The van der Waals surface area contributed by atoms with E-state index in [2.05, 4.69) is 15.9 Å². The Kier molecular flexibility index (Phi) is 4.30. The Morgan fingerprint density at radius 1 is 1.15 bits per heavy atom. The van der Waals surface area contributed by atoms with Crippen LogP contribution in [0.3, 0.4) is 0 Å². The Morgan fingerprint density at radius 2 is 2.00 bits per heavy atom. The second-order valence-electron chi connectivity index (χ2n) is 7.02. The van der Waals surface area contributed by atoms with Gasteiger partial charge in [0, 0.05) is 12.6 Å². The highest BCUT2D eigenvalue weighted by atomic mass is 15.3. The molecule has 3 fully saturated rings.